The lowest BCUT2D eigenvalue weighted by Gasteiger charge is -2.18. The summed E-state index contributed by atoms with van der Waals surface area (Å²) in [6.45, 7) is 5.34. The van der Waals surface area contributed by atoms with Crippen molar-refractivity contribution in [3.63, 3.8) is 0 Å². The molecule has 8 heteroatoms. The van der Waals surface area contributed by atoms with Crippen molar-refractivity contribution in [1.82, 2.24) is 24.8 Å². The Bertz CT molecular complexity index is 580. The third kappa shape index (κ3) is 2.95. The minimum absolute atomic E-state index is 0.0832. The van der Waals surface area contributed by atoms with Gasteiger partial charge in [-0.2, -0.15) is 4.98 Å². The SMILES string of the molecule is CCN(CC)C(=O)CSc1nc(N)nc2nc[nH]c12. The molecule has 2 aromatic rings. The summed E-state index contributed by atoms with van der Waals surface area (Å²) in [6, 6.07) is 0. The number of thioether (sulfide) groups is 1. The van der Waals surface area contributed by atoms with Crippen molar-refractivity contribution in [2.45, 2.75) is 18.9 Å². The van der Waals surface area contributed by atoms with E-state index in [1.807, 2.05) is 13.8 Å². The van der Waals surface area contributed by atoms with Crippen LogP contribution in [-0.4, -0.2) is 49.6 Å². The fraction of sp³-hybridized carbons (Fsp3) is 0.455. The van der Waals surface area contributed by atoms with Gasteiger partial charge >= 0.3 is 0 Å². The molecule has 0 saturated carbocycles. The minimum atomic E-state index is 0.0832. The first kappa shape index (κ1) is 13.6. The molecule has 0 atom stereocenters. The lowest BCUT2D eigenvalue weighted by molar-refractivity contribution is -0.127. The van der Waals surface area contributed by atoms with E-state index in [0.29, 0.717) is 35.0 Å². The highest BCUT2D eigenvalue weighted by atomic mass is 32.2. The van der Waals surface area contributed by atoms with E-state index >= 15 is 0 Å². The van der Waals surface area contributed by atoms with Gasteiger partial charge in [-0.3, -0.25) is 4.79 Å². The van der Waals surface area contributed by atoms with E-state index in [2.05, 4.69) is 19.9 Å². The molecule has 2 heterocycles. The first-order valence-electron chi connectivity index (χ1n) is 6.02. The first-order chi connectivity index (χ1) is 9.15. The fourth-order valence-electron chi connectivity index (χ4n) is 1.72. The zero-order chi connectivity index (χ0) is 13.8. The Morgan fingerprint density at radius 1 is 1.42 bits per heavy atom. The maximum absolute atomic E-state index is 11.9. The molecule has 2 aromatic heterocycles. The van der Waals surface area contributed by atoms with Crippen molar-refractivity contribution < 1.29 is 4.79 Å². The fourth-order valence-corrected chi connectivity index (χ4v) is 2.62. The van der Waals surface area contributed by atoms with E-state index in [4.69, 9.17) is 5.73 Å². The largest absolute Gasteiger partial charge is 0.368 e. The summed E-state index contributed by atoms with van der Waals surface area (Å²) >= 11 is 1.34. The maximum atomic E-state index is 11.9. The number of nitrogens with zero attached hydrogens (tertiary/aromatic N) is 4. The number of carbonyl (C=O) groups excluding carboxylic acids is 1. The Morgan fingerprint density at radius 2 is 2.16 bits per heavy atom. The monoisotopic (exact) mass is 280 g/mol. The quantitative estimate of drug-likeness (QED) is 0.623. The number of nitrogens with one attached hydrogen (secondary N) is 1. The molecule has 0 bridgehead atoms. The van der Waals surface area contributed by atoms with Crippen molar-refractivity contribution in [3.05, 3.63) is 6.33 Å². The van der Waals surface area contributed by atoms with Crippen molar-refractivity contribution in [2.24, 2.45) is 0 Å². The summed E-state index contributed by atoms with van der Waals surface area (Å²) in [5, 5.41) is 0.653. The van der Waals surface area contributed by atoms with Crippen LogP contribution in [0.1, 0.15) is 13.8 Å². The van der Waals surface area contributed by atoms with Crippen LogP contribution in [0.15, 0.2) is 11.4 Å². The summed E-state index contributed by atoms with van der Waals surface area (Å²) in [5.41, 5.74) is 6.85. The van der Waals surface area contributed by atoms with Crippen molar-refractivity contribution in [1.29, 1.82) is 0 Å². The summed E-state index contributed by atoms with van der Waals surface area (Å²) in [4.78, 5) is 28.9. The molecule has 0 unspecified atom stereocenters. The molecule has 3 N–H and O–H groups in total. The van der Waals surface area contributed by atoms with Crippen LogP contribution >= 0.6 is 11.8 Å². The average Bonchev–Trinajstić information content (AvgIpc) is 2.85. The maximum Gasteiger partial charge on any atom is 0.232 e. The van der Waals surface area contributed by atoms with Gasteiger partial charge in [0, 0.05) is 13.1 Å². The van der Waals surface area contributed by atoms with Gasteiger partial charge in [-0.25, -0.2) is 9.97 Å². The zero-order valence-electron chi connectivity index (χ0n) is 10.9. The number of hydrogen-bond donors (Lipinski definition) is 2. The Labute approximate surface area is 115 Å². The third-order valence-electron chi connectivity index (χ3n) is 2.72. The molecule has 19 heavy (non-hydrogen) atoms. The second-order valence-corrected chi connectivity index (χ2v) is 4.81. The van der Waals surface area contributed by atoms with Gasteiger partial charge in [-0.15, -0.1) is 0 Å². The van der Waals surface area contributed by atoms with E-state index in [1.165, 1.54) is 18.1 Å². The molecule has 0 saturated heterocycles. The lowest BCUT2D eigenvalue weighted by Crippen LogP contribution is -2.31. The predicted molar refractivity (Wildman–Crippen MR) is 74.7 cm³/mol. The average molecular weight is 280 g/mol. The Kier molecular flexibility index (Phi) is 4.20. The standard InChI is InChI=1S/C11H16N6OS/c1-3-17(4-2)7(18)5-19-10-8-9(14-6-13-8)15-11(12)16-10/h6H,3-5H2,1-2H3,(H3,12,13,14,15,16). The molecule has 0 aliphatic rings. The highest BCUT2D eigenvalue weighted by Gasteiger charge is 2.14. The molecule has 0 aliphatic heterocycles. The molecular formula is C11H16N6OS. The number of H-pyrrole nitrogens is 1. The number of amides is 1. The van der Waals surface area contributed by atoms with Crippen LogP contribution < -0.4 is 5.73 Å². The minimum Gasteiger partial charge on any atom is -0.368 e. The highest BCUT2D eigenvalue weighted by Crippen LogP contribution is 2.23. The number of hydrogen-bond acceptors (Lipinski definition) is 6. The summed E-state index contributed by atoms with van der Waals surface area (Å²) in [5.74, 6) is 0.573. The number of nitrogens with two attached hydrogens (primary N) is 1. The number of carbonyl (C=O) groups is 1. The Balaban J connectivity index is 2.13. The smallest absolute Gasteiger partial charge is 0.232 e. The molecule has 1 amide bonds. The molecule has 102 valence electrons. The van der Waals surface area contributed by atoms with Gasteiger partial charge in [0.05, 0.1) is 12.1 Å². The first-order valence-corrected chi connectivity index (χ1v) is 7.01. The van der Waals surface area contributed by atoms with Gasteiger partial charge in [0.1, 0.15) is 10.5 Å². The van der Waals surface area contributed by atoms with E-state index in [-0.39, 0.29) is 11.9 Å². The van der Waals surface area contributed by atoms with Crippen LogP contribution in [0, 0.1) is 0 Å². The van der Waals surface area contributed by atoms with Gasteiger partial charge in [0.25, 0.3) is 0 Å². The van der Waals surface area contributed by atoms with E-state index in [1.54, 1.807) is 4.90 Å². The lowest BCUT2D eigenvalue weighted by atomic mass is 10.5. The van der Waals surface area contributed by atoms with E-state index < -0.39 is 0 Å². The molecule has 0 spiro atoms. The number of fused-ring (bicyclic) bond motifs is 1. The van der Waals surface area contributed by atoms with Crippen LogP contribution in [0.2, 0.25) is 0 Å². The molecule has 2 rings (SSSR count). The van der Waals surface area contributed by atoms with Gasteiger partial charge in [0.15, 0.2) is 5.65 Å². The number of nitrogen functional groups attached to an aromatic ring is 1. The summed E-state index contributed by atoms with van der Waals surface area (Å²) < 4.78 is 0. The van der Waals surface area contributed by atoms with Crippen LogP contribution in [0.5, 0.6) is 0 Å². The van der Waals surface area contributed by atoms with Crippen molar-refractivity contribution >= 4 is 34.8 Å². The number of aromatic amines is 1. The van der Waals surface area contributed by atoms with E-state index in [9.17, 15) is 4.79 Å². The Morgan fingerprint density at radius 3 is 2.84 bits per heavy atom. The Hall–Kier alpha value is -1.83. The molecule has 7 nitrogen and oxygen atoms in total. The number of aromatic nitrogens is 4. The number of imidazole rings is 1. The highest BCUT2D eigenvalue weighted by molar-refractivity contribution is 8.00. The third-order valence-corrected chi connectivity index (χ3v) is 3.68. The molecule has 0 fully saturated rings. The van der Waals surface area contributed by atoms with Crippen LogP contribution in [0.4, 0.5) is 5.95 Å². The summed E-state index contributed by atoms with van der Waals surface area (Å²) in [6.07, 6.45) is 1.54. The summed E-state index contributed by atoms with van der Waals surface area (Å²) in [7, 11) is 0. The van der Waals surface area contributed by atoms with Crippen LogP contribution in [0.3, 0.4) is 0 Å². The molecular weight excluding hydrogens is 264 g/mol. The van der Waals surface area contributed by atoms with Gasteiger partial charge in [0.2, 0.25) is 11.9 Å². The zero-order valence-corrected chi connectivity index (χ0v) is 11.7. The van der Waals surface area contributed by atoms with Crippen LogP contribution in [-0.2, 0) is 4.79 Å². The molecule has 0 aromatic carbocycles. The van der Waals surface area contributed by atoms with E-state index in [0.717, 1.165) is 0 Å². The topological polar surface area (TPSA) is 101 Å². The van der Waals surface area contributed by atoms with Crippen molar-refractivity contribution in [2.75, 3.05) is 24.6 Å². The van der Waals surface area contributed by atoms with Crippen LogP contribution in [0.25, 0.3) is 11.2 Å². The normalized spacial score (nSPS) is 10.8. The second kappa shape index (κ2) is 5.87. The van der Waals surface area contributed by atoms with Crippen molar-refractivity contribution in [3.8, 4) is 0 Å². The number of rotatable bonds is 5. The second-order valence-electron chi connectivity index (χ2n) is 3.84. The van der Waals surface area contributed by atoms with Gasteiger partial charge < -0.3 is 15.6 Å². The van der Waals surface area contributed by atoms with Gasteiger partial charge in [-0.1, -0.05) is 11.8 Å². The molecule has 0 radical (unpaired) electrons. The molecule has 0 aliphatic carbocycles. The van der Waals surface area contributed by atoms with Gasteiger partial charge in [-0.05, 0) is 13.8 Å². The number of anilines is 1. The predicted octanol–water partition coefficient (Wildman–Crippen LogP) is 0.896.